The van der Waals surface area contributed by atoms with E-state index in [1.54, 1.807) is 0 Å². The van der Waals surface area contributed by atoms with Crippen LogP contribution in [0.25, 0.3) is 0 Å². The molecule has 0 saturated heterocycles. The van der Waals surface area contributed by atoms with E-state index in [2.05, 4.69) is 20.8 Å². The second kappa shape index (κ2) is 7.27. The van der Waals surface area contributed by atoms with Gasteiger partial charge in [0.15, 0.2) is 0 Å². The highest BCUT2D eigenvalue weighted by Gasteiger charge is 2.62. The number of hydrogen-bond acceptors (Lipinski definition) is 3. The molecule has 4 rings (SSSR count). The minimum absolute atomic E-state index is 0.179. The van der Waals surface area contributed by atoms with Crippen molar-refractivity contribution < 1.29 is 20.1 Å². The number of hydrogen-bond donors (Lipinski definition) is 3. The minimum Gasteiger partial charge on any atom is -0.481 e. The lowest BCUT2D eigenvalue weighted by molar-refractivity contribution is -0.174. The molecule has 4 heteroatoms. The van der Waals surface area contributed by atoms with Crippen LogP contribution in [0.1, 0.15) is 85.0 Å². The van der Waals surface area contributed by atoms with Gasteiger partial charge in [-0.15, -0.1) is 0 Å². The molecule has 4 aliphatic carbocycles. The molecule has 0 radical (unpaired) electrons. The molecule has 0 heterocycles. The monoisotopic (exact) mass is 392 g/mol. The Morgan fingerprint density at radius 3 is 2.39 bits per heavy atom. The predicted molar refractivity (Wildman–Crippen MR) is 109 cm³/mol. The van der Waals surface area contributed by atoms with Crippen LogP contribution in [0, 0.1) is 46.3 Å². The number of carboxylic acid groups (broad SMARTS) is 1. The van der Waals surface area contributed by atoms with Crippen LogP contribution in [0.15, 0.2) is 0 Å². The lowest BCUT2D eigenvalue weighted by Crippen LogP contribution is -2.58. The fourth-order valence-corrected chi connectivity index (χ4v) is 8.73. The van der Waals surface area contributed by atoms with Crippen molar-refractivity contribution in [1.29, 1.82) is 0 Å². The second-order valence-electron chi connectivity index (χ2n) is 11.4. The molecule has 0 aromatic carbocycles. The Balaban J connectivity index is 1.55. The lowest BCUT2D eigenvalue weighted by atomic mass is 9.43. The first-order valence-electron chi connectivity index (χ1n) is 11.7. The number of carboxylic acids is 1. The Morgan fingerprint density at radius 1 is 1.00 bits per heavy atom. The average molecular weight is 393 g/mol. The molecule has 0 aromatic rings. The summed E-state index contributed by atoms with van der Waals surface area (Å²) in [5, 5.41) is 30.5. The van der Waals surface area contributed by atoms with Gasteiger partial charge < -0.3 is 15.3 Å². The maximum Gasteiger partial charge on any atom is 0.303 e. The summed E-state index contributed by atoms with van der Waals surface area (Å²) < 4.78 is 0. The van der Waals surface area contributed by atoms with Gasteiger partial charge in [-0.25, -0.2) is 0 Å². The van der Waals surface area contributed by atoms with Crippen LogP contribution < -0.4 is 0 Å². The van der Waals surface area contributed by atoms with Crippen molar-refractivity contribution >= 4 is 5.97 Å². The summed E-state index contributed by atoms with van der Waals surface area (Å²) in [4.78, 5) is 11.1. The molecular weight excluding hydrogens is 352 g/mol. The van der Waals surface area contributed by atoms with Gasteiger partial charge in [0.2, 0.25) is 0 Å². The molecule has 10 atom stereocenters. The molecule has 4 nitrogen and oxygen atoms in total. The Bertz CT molecular complexity index is 605. The molecule has 3 N–H and O–H groups in total. The highest BCUT2D eigenvalue weighted by Crippen LogP contribution is 2.68. The standard InChI is InChI=1S/C24H40O4/c1-14(4-7-21(27)28)17-5-6-18-22-19(9-11-24(17,18)3)23(2)10-8-16(25)12-15(23)13-20(22)26/h14-20,22,25-26H,4-13H2,1-3H3,(H,27,28)/t14?,15-,16+,17+,18?,19?,20+,22?,23-,24+/m0/s1. The van der Waals surface area contributed by atoms with Gasteiger partial charge in [0.25, 0.3) is 0 Å². The first-order chi connectivity index (χ1) is 13.2. The summed E-state index contributed by atoms with van der Waals surface area (Å²) in [6.45, 7) is 7.16. The van der Waals surface area contributed by atoms with E-state index >= 15 is 0 Å². The van der Waals surface area contributed by atoms with Gasteiger partial charge in [-0.2, -0.15) is 0 Å². The normalized spacial score (nSPS) is 51.7. The maximum atomic E-state index is 11.2. The molecule has 28 heavy (non-hydrogen) atoms. The molecule has 0 aliphatic heterocycles. The van der Waals surface area contributed by atoms with Gasteiger partial charge in [-0.05, 0) is 104 Å². The fraction of sp³-hybridized carbons (Fsp3) is 0.958. The van der Waals surface area contributed by atoms with Crippen molar-refractivity contribution in [3.63, 3.8) is 0 Å². The molecule has 4 fully saturated rings. The molecule has 4 aliphatic rings. The van der Waals surface area contributed by atoms with Crippen molar-refractivity contribution in [3.8, 4) is 0 Å². The van der Waals surface area contributed by atoms with Crippen molar-refractivity contribution in [1.82, 2.24) is 0 Å². The van der Waals surface area contributed by atoms with Crippen LogP contribution in [0.3, 0.4) is 0 Å². The van der Waals surface area contributed by atoms with Gasteiger partial charge in [0, 0.05) is 6.42 Å². The summed E-state index contributed by atoms with van der Waals surface area (Å²) >= 11 is 0. The Hall–Kier alpha value is -0.610. The third kappa shape index (κ3) is 3.14. The first kappa shape index (κ1) is 20.7. The number of aliphatic hydroxyl groups is 2. The largest absolute Gasteiger partial charge is 0.481 e. The van der Waals surface area contributed by atoms with E-state index in [-0.39, 0.29) is 29.5 Å². The summed E-state index contributed by atoms with van der Waals surface area (Å²) in [6.07, 6.45) is 9.19. The van der Waals surface area contributed by atoms with Gasteiger partial charge >= 0.3 is 5.97 Å². The Morgan fingerprint density at radius 2 is 1.68 bits per heavy atom. The zero-order chi connectivity index (χ0) is 20.3. The first-order valence-corrected chi connectivity index (χ1v) is 11.7. The molecule has 0 aromatic heterocycles. The second-order valence-corrected chi connectivity index (χ2v) is 11.4. The SMILES string of the molecule is CC(CCC(=O)O)[C@H]1CCC2C3C(CC[C@@]21C)[C@@]1(C)CC[C@@H](O)C[C@H]1C[C@H]3O. The van der Waals surface area contributed by atoms with E-state index < -0.39 is 5.97 Å². The number of carbonyl (C=O) groups is 1. The summed E-state index contributed by atoms with van der Waals surface area (Å²) in [5.41, 5.74) is 0.523. The van der Waals surface area contributed by atoms with E-state index in [1.165, 1.54) is 25.7 Å². The fourth-order valence-electron chi connectivity index (χ4n) is 8.73. The number of rotatable bonds is 4. The molecular formula is C24H40O4. The van der Waals surface area contributed by atoms with Crippen molar-refractivity contribution in [2.24, 2.45) is 46.3 Å². The highest BCUT2D eigenvalue weighted by molar-refractivity contribution is 5.66. The third-order valence-electron chi connectivity index (χ3n) is 10.2. The number of aliphatic carboxylic acids is 1. The maximum absolute atomic E-state index is 11.2. The van der Waals surface area contributed by atoms with Crippen molar-refractivity contribution in [2.45, 2.75) is 97.2 Å². The molecule has 0 amide bonds. The van der Waals surface area contributed by atoms with E-state index in [1.807, 2.05) is 0 Å². The van der Waals surface area contributed by atoms with E-state index in [4.69, 9.17) is 5.11 Å². The summed E-state index contributed by atoms with van der Waals surface area (Å²) in [5.74, 6) is 2.36. The zero-order valence-electron chi connectivity index (χ0n) is 17.9. The Kier molecular flexibility index (Phi) is 5.36. The van der Waals surface area contributed by atoms with Crippen LogP contribution in [0.2, 0.25) is 0 Å². The topological polar surface area (TPSA) is 77.8 Å². The number of fused-ring (bicyclic) bond motifs is 5. The van der Waals surface area contributed by atoms with E-state index in [9.17, 15) is 15.0 Å². The van der Waals surface area contributed by atoms with Crippen LogP contribution in [0.4, 0.5) is 0 Å². The predicted octanol–water partition coefficient (Wildman–Crippen LogP) is 4.48. The van der Waals surface area contributed by atoms with Gasteiger partial charge in [-0.3, -0.25) is 4.79 Å². The summed E-state index contributed by atoms with van der Waals surface area (Å²) in [6, 6.07) is 0. The molecule has 0 bridgehead atoms. The minimum atomic E-state index is -0.684. The van der Waals surface area contributed by atoms with Crippen LogP contribution in [0.5, 0.6) is 0 Å². The smallest absolute Gasteiger partial charge is 0.303 e. The van der Waals surface area contributed by atoms with Gasteiger partial charge in [-0.1, -0.05) is 20.8 Å². The van der Waals surface area contributed by atoms with E-state index in [0.717, 1.165) is 32.1 Å². The number of aliphatic hydroxyl groups excluding tert-OH is 2. The van der Waals surface area contributed by atoms with Crippen LogP contribution in [-0.4, -0.2) is 33.5 Å². The average Bonchev–Trinajstić information content (AvgIpc) is 2.98. The van der Waals surface area contributed by atoms with Gasteiger partial charge in [0.05, 0.1) is 12.2 Å². The quantitative estimate of drug-likeness (QED) is 0.659. The van der Waals surface area contributed by atoms with Gasteiger partial charge in [0.1, 0.15) is 0 Å². The molecule has 4 saturated carbocycles. The van der Waals surface area contributed by atoms with E-state index in [0.29, 0.717) is 35.5 Å². The highest BCUT2D eigenvalue weighted by atomic mass is 16.4. The van der Waals surface area contributed by atoms with Crippen molar-refractivity contribution in [2.75, 3.05) is 0 Å². The Labute approximate surface area is 170 Å². The van der Waals surface area contributed by atoms with Crippen molar-refractivity contribution in [3.05, 3.63) is 0 Å². The summed E-state index contributed by atoms with van der Waals surface area (Å²) in [7, 11) is 0. The third-order valence-corrected chi connectivity index (χ3v) is 10.2. The molecule has 0 spiro atoms. The zero-order valence-corrected chi connectivity index (χ0v) is 17.9. The van der Waals surface area contributed by atoms with Crippen LogP contribution >= 0.6 is 0 Å². The lowest BCUT2D eigenvalue weighted by Gasteiger charge is -2.62. The van der Waals surface area contributed by atoms with Crippen LogP contribution in [-0.2, 0) is 4.79 Å². The molecule has 4 unspecified atom stereocenters. The molecule has 160 valence electrons.